The molecule has 0 aliphatic carbocycles. The van der Waals surface area contributed by atoms with Gasteiger partial charge in [-0.2, -0.15) is 21.0 Å². The van der Waals surface area contributed by atoms with Crippen LogP contribution in [0.2, 0.25) is 0 Å². The molecule has 0 aliphatic rings. The summed E-state index contributed by atoms with van der Waals surface area (Å²) in [5.41, 5.74) is 1.59. The van der Waals surface area contributed by atoms with E-state index in [1.807, 2.05) is 56.3 Å². The van der Waals surface area contributed by atoms with Gasteiger partial charge < -0.3 is 9.47 Å². The Balaban J connectivity index is 2.38. The highest BCUT2D eigenvalue weighted by atomic mass is 16.5. The van der Waals surface area contributed by atoms with E-state index >= 15 is 0 Å². The van der Waals surface area contributed by atoms with Crippen molar-refractivity contribution in [1.29, 1.82) is 21.0 Å². The van der Waals surface area contributed by atoms with Crippen molar-refractivity contribution in [2.24, 2.45) is 0 Å². The Bertz CT molecular complexity index is 1440. The van der Waals surface area contributed by atoms with Crippen molar-refractivity contribution in [2.75, 3.05) is 0 Å². The van der Waals surface area contributed by atoms with Gasteiger partial charge in [-0.25, -0.2) is 0 Å². The van der Waals surface area contributed by atoms with Gasteiger partial charge in [-0.1, -0.05) is 29.8 Å². The van der Waals surface area contributed by atoms with E-state index in [1.54, 1.807) is 30.3 Å². The summed E-state index contributed by atoms with van der Waals surface area (Å²) >= 11 is 0. The van der Waals surface area contributed by atoms with E-state index in [1.165, 1.54) is 12.1 Å². The van der Waals surface area contributed by atoms with Crippen LogP contribution in [0.25, 0.3) is 11.1 Å². The van der Waals surface area contributed by atoms with Gasteiger partial charge >= 0.3 is 0 Å². The first-order chi connectivity index (χ1) is 15.5. The standard InChI is InChI=1S/C26H16N4O2/c1-17-6-8-22(9-7-17)31-24-11-19(20(13-27)14-28)12-25(26(24)21(15-29)16-30)32-23-5-3-4-18(2)10-23/h3-12H,1-2H3. The van der Waals surface area contributed by atoms with Gasteiger partial charge in [0.1, 0.15) is 58.4 Å². The van der Waals surface area contributed by atoms with Crippen LogP contribution in [0.1, 0.15) is 11.1 Å². The molecule has 0 saturated heterocycles. The topological polar surface area (TPSA) is 114 Å². The third-order valence-electron chi connectivity index (χ3n) is 4.52. The summed E-state index contributed by atoms with van der Waals surface area (Å²) in [4.78, 5) is 0. The predicted octanol–water partition coefficient (Wildman–Crippen LogP) is 4.28. The molecule has 0 fully saturated rings. The average molecular weight is 416 g/mol. The summed E-state index contributed by atoms with van der Waals surface area (Å²) in [6.07, 6.45) is 0. The fraction of sp³-hybridized carbons (Fsp3) is 0.0769. The predicted molar refractivity (Wildman–Crippen MR) is 117 cm³/mol. The Morgan fingerprint density at radius 3 is 1.72 bits per heavy atom. The summed E-state index contributed by atoms with van der Waals surface area (Å²) in [6.45, 7) is 3.83. The number of nitriles is 4. The van der Waals surface area contributed by atoms with Crippen molar-refractivity contribution < 1.29 is 9.47 Å². The normalized spacial score (nSPS) is 9.44. The van der Waals surface area contributed by atoms with E-state index in [0.717, 1.165) is 11.1 Å². The van der Waals surface area contributed by atoms with E-state index < -0.39 is 0 Å². The maximum absolute atomic E-state index is 9.58. The number of hydrogen-bond donors (Lipinski definition) is 0. The summed E-state index contributed by atoms with van der Waals surface area (Å²) < 4.78 is 12.0. The van der Waals surface area contributed by atoms with Gasteiger partial charge in [-0.3, -0.25) is 0 Å². The second kappa shape index (κ2) is 9.64. The molecule has 0 unspecified atom stereocenters. The molecule has 0 radical (unpaired) electrons. The van der Waals surface area contributed by atoms with E-state index in [0.29, 0.717) is 11.5 Å². The molecule has 0 atom stereocenters. The second-order valence-electron chi connectivity index (χ2n) is 6.88. The molecule has 3 aromatic carbocycles. The van der Waals surface area contributed by atoms with E-state index in [-0.39, 0.29) is 33.1 Å². The SMILES string of the molecule is Cc1ccc(Oc2cc(=C(C#N)C#N)cc(Oc3cccc(C)c3)c2=C(C#N)C#N)cc1. The van der Waals surface area contributed by atoms with Crippen LogP contribution in [0, 0.1) is 59.2 Å². The number of ether oxygens (including phenoxy) is 2. The van der Waals surface area contributed by atoms with Crippen LogP contribution in [-0.4, -0.2) is 0 Å². The van der Waals surface area contributed by atoms with Crippen LogP contribution in [-0.2, 0) is 0 Å². The number of nitrogens with zero attached hydrogens (tertiary/aromatic N) is 4. The van der Waals surface area contributed by atoms with Crippen molar-refractivity contribution >= 4 is 11.1 Å². The lowest BCUT2D eigenvalue weighted by Gasteiger charge is -2.13. The quantitative estimate of drug-likeness (QED) is 0.627. The molecule has 0 aromatic heterocycles. The molecule has 3 aromatic rings. The number of benzene rings is 3. The Morgan fingerprint density at radius 2 is 1.19 bits per heavy atom. The molecule has 0 saturated carbocycles. The Hall–Kier alpha value is -5.04. The van der Waals surface area contributed by atoms with E-state index in [2.05, 4.69) is 0 Å². The zero-order chi connectivity index (χ0) is 23.1. The van der Waals surface area contributed by atoms with Crippen LogP contribution in [0.4, 0.5) is 0 Å². The molecule has 6 nitrogen and oxygen atoms in total. The van der Waals surface area contributed by atoms with Gasteiger partial charge in [0.15, 0.2) is 0 Å². The van der Waals surface area contributed by atoms with Crippen molar-refractivity contribution in [3.63, 3.8) is 0 Å². The summed E-state index contributed by atoms with van der Waals surface area (Å²) in [6, 6.07) is 24.8. The molecule has 152 valence electrons. The largest absolute Gasteiger partial charge is 0.457 e. The third-order valence-corrected chi connectivity index (χ3v) is 4.52. The lowest BCUT2D eigenvalue weighted by molar-refractivity contribution is 0.452. The molecular weight excluding hydrogens is 400 g/mol. The van der Waals surface area contributed by atoms with Crippen LogP contribution in [0.5, 0.6) is 23.0 Å². The Morgan fingerprint density at radius 1 is 0.625 bits per heavy atom. The first-order valence-corrected chi connectivity index (χ1v) is 9.51. The van der Waals surface area contributed by atoms with Crippen molar-refractivity contribution in [2.45, 2.75) is 13.8 Å². The van der Waals surface area contributed by atoms with Gasteiger partial charge in [0.25, 0.3) is 0 Å². The van der Waals surface area contributed by atoms with Crippen LogP contribution in [0.15, 0.2) is 60.7 Å². The fourth-order valence-electron chi connectivity index (χ4n) is 2.97. The highest BCUT2D eigenvalue weighted by Crippen LogP contribution is 2.24. The van der Waals surface area contributed by atoms with Crippen LogP contribution < -0.4 is 19.9 Å². The molecule has 0 heterocycles. The number of hydrogen-bond acceptors (Lipinski definition) is 6. The van der Waals surface area contributed by atoms with Crippen LogP contribution >= 0.6 is 0 Å². The van der Waals surface area contributed by atoms with E-state index in [9.17, 15) is 21.0 Å². The van der Waals surface area contributed by atoms with Gasteiger partial charge in [-0.05, 0) is 55.8 Å². The molecular formula is C26H16N4O2. The number of rotatable bonds is 4. The molecule has 0 bridgehead atoms. The first-order valence-electron chi connectivity index (χ1n) is 9.51. The minimum atomic E-state index is -0.225. The highest BCUT2D eigenvalue weighted by molar-refractivity contribution is 5.77. The molecule has 6 heteroatoms. The first kappa shape index (κ1) is 21.7. The van der Waals surface area contributed by atoms with Gasteiger partial charge in [0.2, 0.25) is 0 Å². The Kier molecular flexibility index (Phi) is 6.53. The fourth-order valence-corrected chi connectivity index (χ4v) is 2.97. The minimum absolute atomic E-state index is 0.120. The zero-order valence-electron chi connectivity index (χ0n) is 17.4. The maximum Gasteiger partial charge on any atom is 0.144 e. The lowest BCUT2D eigenvalue weighted by atomic mass is 10.1. The van der Waals surface area contributed by atoms with Crippen molar-refractivity contribution in [1.82, 2.24) is 0 Å². The second-order valence-corrected chi connectivity index (χ2v) is 6.88. The number of aryl methyl sites for hydroxylation is 2. The average Bonchev–Trinajstić information content (AvgIpc) is 2.78. The summed E-state index contributed by atoms with van der Waals surface area (Å²) in [5, 5.41) is 38.3. The van der Waals surface area contributed by atoms with Gasteiger partial charge in [0, 0.05) is 5.22 Å². The van der Waals surface area contributed by atoms with Crippen molar-refractivity contribution in [3.05, 3.63) is 82.2 Å². The molecule has 0 amide bonds. The van der Waals surface area contributed by atoms with Crippen LogP contribution in [0.3, 0.4) is 0 Å². The summed E-state index contributed by atoms with van der Waals surface area (Å²) in [5.74, 6) is 1.17. The van der Waals surface area contributed by atoms with Crippen molar-refractivity contribution in [3.8, 4) is 47.3 Å². The highest BCUT2D eigenvalue weighted by Gasteiger charge is 2.14. The van der Waals surface area contributed by atoms with Gasteiger partial charge in [-0.15, -0.1) is 0 Å². The monoisotopic (exact) mass is 416 g/mol. The molecule has 32 heavy (non-hydrogen) atoms. The molecule has 0 spiro atoms. The zero-order valence-corrected chi connectivity index (χ0v) is 17.4. The minimum Gasteiger partial charge on any atom is -0.457 e. The third kappa shape index (κ3) is 4.74. The smallest absolute Gasteiger partial charge is 0.144 e. The van der Waals surface area contributed by atoms with Gasteiger partial charge in [0.05, 0.1) is 5.22 Å². The molecule has 3 rings (SSSR count). The molecule has 0 aliphatic heterocycles. The summed E-state index contributed by atoms with van der Waals surface area (Å²) in [7, 11) is 0. The van der Waals surface area contributed by atoms with E-state index in [4.69, 9.17) is 9.47 Å². The maximum atomic E-state index is 9.58. The Labute approximate surface area is 185 Å². The lowest BCUT2D eigenvalue weighted by Crippen LogP contribution is -2.18. The molecule has 0 N–H and O–H groups in total.